The highest BCUT2D eigenvalue weighted by atomic mass is 14.9. The number of fused-ring (bicyclic) bond motifs is 1. The average molecular weight is 129 g/mol. The van der Waals surface area contributed by atoms with Gasteiger partial charge in [0.1, 0.15) is 7.85 Å². The summed E-state index contributed by atoms with van der Waals surface area (Å²) in [5, 5.41) is 3.27. The summed E-state index contributed by atoms with van der Waals surface area (Å²) in [6.07, 6.45) is 1.11. The van der Waals surface area contributed by atoms with Gasteiger partial charge in [0.15, 0.2) is 0 Å². The summed E-state index contributed by atoms with van der Waals surface area (Å²) in [6.45, 7) is 1.05. The first-order valence-corrected chi connectivity index (χ1v) is 3.48. The SMILES string of the molecule is [B]c1ccc2c(c1)CCN2. The van der Waals surface area contributed by atoms with E-state index in [4.69, 9.17) is 7.85 Å². The van der Waals surface area contributed by atoms with E-state index < -0.39 is 0 Å². The third-order valence-corrected chi connectivity index (χ3v) is 1.84. The van der Waals surface area contributed by atoms with Gasteiger partial charge in [0, 0.05) is 12.2 Å². The minimum Gasteiger partial charge on any atom is -0.384 e. The normalized spacial score (nSPS) is 14.4. The molecule has 0 atom stereocenters. The van der Waals surface area contributed by atoms with Gasteiger partial charge in [-0.1, -0.05) is 17.6 Å². The van der Waals surface area contributed by atoms with Crippen LogP contribution in [0.15, 0.2) is 18.2 Å². The van der Waals surface area contributed by atoms with Crippen LogP contribution in [-0.4, -0.2) is 14.4 Å². The van der Waals surface area contributed by atoms with Crippen molar-refractivity contribution in [2.75, 3.05) is 11.9 Å². The van der Waals surface area contributed by atoms with Crippen molar-refractivity contribution in [1.82, 2.24) is 0 Å². The highest BCUT2D eigenvalue weighted by molar-refractivity contribution is 6.32. The summed E-state index contributed by atoms with van der Waals surface area (Å²) in [6, 6.07) is 6.00. The van der Waals surface area contributed by atoms with E-state index >= 15 is 0 Å². The summed E-state index contributed by atoms with van der Waals surface area (Å²) < 4.78 is 0. The largest absolute Gasteiger partial charge is 0.384 e. The van der Waals surface area contributed by atoms with Gasteiger partial charge in [-0.15, -0.1) is 0 Å². The van der Waals surface area contributed by atoms with E-state index in [2.05, 4.69) is 5.32 Å². The highest BCUT2D eigenvalue weighted by Gasteiger charge is 2.07. The number of hydrogen-bond acceptors (Lipinski definition) is 1. The second kappa shape index (κ2) is 2.05. The number of nitrogens with one attached hydrogen (secondary N) is 1. The van der Waals surface area contributed by atoms with Gasteiger partial charge in [-0.3, -0.25) is 0 Å². The summed E-state index contributed by atoms with van der Waals surface area (Å²) in [7, 11) is 5.60. The molecular formula is C8H8BN. The maximum atomic E-state index is 5.60. The lowest BCUT2D eigenvalue weighted by Crippen LogP contribution is -2.01. The van der Waals surface area contributed by atoms with Gasteiger partial charge in [-0.05, 0) is 18.1 Å². The van der Waals surface area contributed by atoms with Crippen LogP contribution in [-0.2, 0) is 6.42 Å². The summed E-state index contributed by atoms with van der Waals surface area (Å²) >= 11 is 0. The second-order valence-corrected chi connectivity index (χ2v) is 2.59. The molecule has 0 saturated carbocycles. The van der Waals surface area contributed by atoms with Crippen molar-refractivity contribution in [1.29, 1.82) is 0 Å². The maximum absolute atomic E-state index is 5.60. The fourth-order valence-corrected chi connectivity index (χ4v) is 1.32. The van der Waals surface area contributed by atoms with E-state index in [9.17, 15) is 0 Å². The lowest BCUT2D eigenvalue weighted by molar-refractivity contribution is 1.11. The summed E-state index contributed by atoms with van der Waals surface area (Å²) in [5.41, 5.74) is 3.46. The zero-order valence-electron chi connectivity index (χ0n) is 5.72. The lowest BCUT2D eigenvalue weighted by Gasteiger charge is -1.98. The standard InChI is InChI=1S/C8H8BN/c9-7-1-2-8-6(5-7)3-4-10-8/h1-2,5,10H,3-4H2. The Labute approximate surface area is 61.9 Å². The van der Waals surface area contributed by atoms with Crippen LogP contribution in [0.4, 0.5) is 5.69 Å². The van der Waals surface area contributed by atoms with E-state index in [1.54, 1.807) is 0 Å². The van der Waals surface area contributed by atoms with Crippen LogP contribution in [0, 0.1) is 0 Å². The Morgan fingerprint density at radius 1 is 1.40 bits per heavy atom. The van der Waals surface area contributed by atoms with Gasteiger partial charge >= 0.3 is 0 Å². The molecule has 2 radical (unpaired) electrons. The number of rotatable bonds is 0. The first-order chi connectivity index (χ1) is 4.86. The Bertz CT molecular complexity index is 257. The first kappa shape index (κ1) is 5.84. The van der Waals surface area contributed by atoms with E-state index in [1.807, 2.05) is 18.2 Å². The molecule has 1 nitrogen and oxygen atoms in total. The quantitative estimate of drug-likeness (QED) is 0.501. The molecule has 1 aromatic rings. The first-order valence-electron chi connectivity index (χ1n) is 3.48. The minimum absolute atomic E-state index is 0.863. The van der Waals surface area contributed by atoms with Crippen molar-refractivity contribution >= 4 is 19.0 Å². The molecule has 0 amide bonds. The van der Waals surface area contributed by atoms with E-state index in [1.165, 1.54) is 11.3 Å². The van der Waals surface area contributed by atoms with Crippen LogP contribution in [0.5, 0.6) is 0 Å². The third-order valence-electron chi connectivity index (χ3n) is 1.84. The Morgan fingerprint density at radius 3 is 3.20 bits per heavy atom. The molecule has 1 N–H and O–H groups in total. The molecule has 1 aliphatic heterocycles. The molecule has 0 aliphatic carbocycles. The smallest absolute Gasteiger partial charge is 0.113 e. The molecule has 0 saturated heterocycles. The fourth-order valence-electron chi connectivity index (χ4n) is 1.32. The van der Waals surface area contributed by atoms with Gasteiger partial charge in [-0.25, -0.2) is 0 Å². The van der Waals surface area contributed by atoms with Gasteiger partial charge in [0.25, 0.3) is 0 Å². The molecule has 0 unspecified atom stereocenters. The van der Waals surface area contributed by atoms with Gasteiger partial charge in [0.2, 0.25) is 0 Å². The monoisotopic (exact) mass is 129 g/mol. The average Bonchev–Trinajstić information content (AvgIpc) is 2.33. The third kappa shape index (κ3) is 0.802. The van der Waals surface area contributed by atoms with Crippen molar-refractivity contribution in [3.8, 4) is 0 Å². The molecule has 1 aromatic carbocycles. The highest BCUT2D eigenvalue weighted by Crippen LogP contribution is 2.19. The molecular weight excluding hydrogens is 121 g/mol. The molecule has 1 aliphatic rings. The molecule has 1 heterocycles. The van der Waals surface area contributed by atoms with Crippen LogP contribution in [0.1, 0.15) is 5.56 Å². The van der Waals surface area contributed by atoms with Gasteiger partial charge in [-0.2, -0.15) is 0 Å². The molecule has 2 heteroatoms. The second-order valence-electron chi connectivity index (χ2n) is 2.59. The zero-order chi connectivity index (χ0) is 6.97. The number of anilines is 1. The molecule has 0 spiro atoms. The topological polar surface area (TPSA) is 12.0 Å². The zero-order valence-corrected chi connectivity index (χ0v) is 5.72. The summed E-state index contributed by atoms with van der Waals surface area (Å²) in [5.74, 6) is 0. The molecule has 0 fully saturated rings. The van der Waals surface area contributed by atoms with Crippen LogP contribution in [0.2, 0.25) is 0 Å². The van der Waals surface area contributed by atoms with Crippen molar-refractivity contribution in [3.05, 3.63) is 23.8 Å². The Morgan fingerprint density at radius 2 is 2.30 bits per heavy atom. The molecule has 10 heavy (non-hydrogen) atoms. The van der Waals surface area contributed by atoms with Crippen LogP contribution in [0.25, 0.3) is 0 Å². The Balaban J connectivity index is 2.52. The molecule has 48 valence electrons. The Hall–Kier alpha value is -0.915. The van der Waals surface area contributed by atoms with Crippen molar-refractivity contribution in [2.45, 2.75) is 6.42 Å². The molecule has 0 aromatic heterocycles. The predicted octanol–water partition coefficient (Wildman–Crippen LogP) is 0.448. The predicted molar refractivity (Wildman–Crippen MR) is 44.0 cm³/mol. The van der Waals surface area contributed by atoms with Crippen molar-refractivity contribution < 1.29 is 0 Å². The van der Waals surface area contributed by atoms with Gasteiger partial charge < -0.3 is 5.32 Å². The summed E-state index contributed by atoms with van der Waals surface area (Å²) in [4.78, 5) is 0. The Kier molecular flexibility index (Phi) is 1.19. The van der Waals surface area contributed by atoms with E-state index in [0.717, 1.165) is 18.4 Å². The maximum Gasteiger partial charge on any atom is 0.113 e. The van der Waals surface area contributed by atoms with Gasteiger partial charge in [0.05, 0.1) is 0 Å². The van der Waals surface area contributed by atoms with Crippen molar-refractivity contribution in [3.63, 3.8) is 0 Å². The van der Waals surface area contributed by atoms with Crippen LogP contribution in [0.3, 0.4) is 0 Å². The lowest BCUT2D eigenvalue weighted by atomic mass is 9.94. The number of benzene rings is 1. The van der Waals surface area contributed by atoms with Crippen molar-refractivity contribution in [2.24, 2.45) is 0 Å². The van der Waals surface area contributed by atoms with E-state index in [-0.39, 0.29) is 0 Å². The van der Waals surface area contributed by atoms with Crippen LogP contribution >= 0.6 is 0 Å². The minimum atomic E-state index is 0.863. The number of hydrogen-bond donors (Lipinski definition) is 1. The van der Waals surface area contributed by atoms with E-state index in [0.29, 0.717) is 0 Å². The molecule has 2 rings (SSSR count). The van der Waals surface area contributed by atoms with Crippen LogP contribution < -0.4 is 10.8 Å². The molecule has 0 bridgehead atoms. The fraction of sp³-hybridized carbons (Fsp3) is 0.250.